The summed E-state index contributed by atoms with van der Waals surface area (Å²) in [6, 6.07) is 26.8. The van der Waals surface area contributed by atoms with Crippen LogP contribution in [0.2, 0.25) is 0 Å². The van der Waals surface area contributed by atoms with Crippen molar-refractivity contribution in [2.45, 2.75) is 38.5 Å². The molecule has 3 rings (SSSR count). The summed E-state index contributed by atoms with van der Waals surface area (Å²) in [5, 5.41) is 11.5. The molecule has 32 heavy (non-hydrogen) atoms. The van der Waals surface area contributed by atoms with Crippen LogP contribution in [0.1, 0.15) is 37.5 Å². The van der Waals surface area contributed by atoms with E-state index >= 15 is 0 Å². The zero-order valence-electron chi connectivity index (χ0n) is 18.7. The third-order valence-corrected chi connectivity index (χ3v) is 5.30. The third-order valence-electron chi connectivity index (χ3n) is 5.30. The number of benzene rings is 3. The van der Waals surface area contributed by atoms with E-state index in [4.69, 9.17) is 4.74 Å². The van der Waals surface area contributed by atoms with E-state index in [9.17, 15) is 14.7 Å². The number of esters is 1. The zero-order valence-corrected chi connectivity index (χ0v) is 18.7. The van der Waals surface area contributed by atoms with Crippen LogP contribution >= 0.6 is 0 Å². The number of amides is 1. The van der Waals surface area contributed by atoms with Crippen LogP contribution in [0, 0.1) is 0 Å². The van der Waals surface area contributed by atoms with Crippen LogP contribution in [-0.2, 0) is 26.5 Å². The number of carbonyl (C=O) groups is 2. The van der Waals surface area contributed by atoms with Gasteiger partial charge in [-0.15, -0.1) is 0 Å². The zero-order chi connectivity index (χ0) is 23.2. The monoisotopic (exact) mass is 431 g/mol. The van der Waals surface area contributed by atoms with Gasteiger partial charge in [0.25, 0.3) is 5.91 Å². The van der Waals surface area contributed by atoms with E-state index in [1.54, 1.807) is 65.6 Å². The summed E-state index contributed by atoms with van der Waals surface area (Å²) < 4.78 is 5.41. The number of ether oxygens (including phenoxy) is 1. The molecule has 5 heteroatoms. The predicted molar refractivity (Wildman–Crippen MR) is 124 cm³/mol. The average molecular weight is 432 g/mol. The summed E-state index contributed by atoms with van der Waals surface area (Å²) >= 11 is 0. The molecule has 0 aliphatic carbocycles. The van der Waals surface area contributed by atoms with Crippen LogP contribution in [0.25, 0.3) is 0 Å². The molecular formula is C27H29NO4. The van der Waals surface area contributed by atoms with Crippen molar-refractivity contribution in [2.75, 3.05) is 6.61 Å². The van der Waals surface area contributed by atoms with Crippen LogP contribution in [0.5, 0.6) is 0 Å². The molecule has 3 aromatic rings. The molecule has 1 amide bonds. The number of aliphatic hydroxyl groups is 1. The fraction of sp³-hybridized carbons (Fsp3) is 0.259. The molecule has 0 atom stereocenters. The van der Waals surface area contributed by atoms with Gasteiger partial charge in [-0.05, 0) is 37.5 Å². The Morgan fingerprint density at radius 3 is 1.66 bits per heavy atom. The highest BCUT2D eigenvalue weighted by atomic mass is 16.6. The topological polar surface area (TPSA) is 66.8 Å². The highest BCUT2D eigenvalue weighted by Crippen LogP contribution is 2.31. The Morgan fingerprint density at radius 2 is 1.22 bits per heavy atom. The van der Waals surface area contributed by atoms with Crippen LogP contribution in [0.3, 0.4) is 0 Å². The molecule has 5 nitrogen and oxygen atoms in total. The average Bonchev–Trinajstić information content (AvgIpc) is 2.81. The smallest absolute Gasteiger partial charge is 0.348 e. The van der Waals surface area contributed by atoms with Gasteiger partial charge in [0.2, 0.25) is 5.60 Å². The van der Waals surface area contributed by atoms with Gasteiger partial charge in [-0.2, -0.15) is 0 Å². The first-order valence-corrected chi connectivity index (χ1v) is 10.6. The van der Waals surface area contributed by atoms with Gasteiger partial charge >= 0.3 is 5.97 Å². The lowest BCUT2D eigenvalue weighted by Crippen LogP contribution is -2.48. The van der Waals surface area contributed by atoms with Crippen molar-refractivity contribution in [3.8, 4) is 0 Å². The standard InChI is InChI=1S/C27H29NO4/c1-26(2,3)28(19-21-13-7-4-8-14-21)24(29)20-32-25(30)27(31,22-15-9-5-10-16-22)23-17-11-6-12-18-23/h4-18,31H,19-20H2,1-3H3. The maximum atomic E-state index is 13.2. The predicted octanol–water partition coefficient (Wildman–Crippen LogP) is 4.29. The fourth-order valence-corrected chi connectivity index (χ4v) is 3.54. The van der Waals surface area contributed by atoms with Crippen LogP contribution in [0.4, 0.5) is 0 Å². The van der Waals surface area contributed by atoms with Crippen molar-refractivity contribution >= 4 is 11.9 Å². The van der Waals surface area contributed by atoms with Gasteiger partial charge in [0.1, 0.15) is 0 Å². The van der Waals surface area contributed by atoms with E-state index in [0.29, 0.717) is 17.7 Å². The Hall–Kier alpha value is -3.44. The first-order valence-electron chi connectivity index (χ1n) is 10.6. The maximum Gasteiger partial charge on any atom is 0.348 e. The first kappa shape index (κ1) is 23.2. The minimum Gasteiger partial charge on any atom is -0.453 e. The van der Waals surface area contributed by atoms with Gasteiger partial charge in [0, 0.05) is 12.1 Å². The second-order valence-corrected chi connectivity index (χ2v) is 8.65. The number of hydrogen-bond donors (Lipinski definition) is 1. The fourth-order valence-electron chi connectivity index (χ4n) is 3.54. The summed E-state index contributed by atoms with van der Waals surface area (Å²) in [6.07, 6.45) is 0. The molecule has 0 saturated heterocycles. The molecule has 166 valence electrons. The molecular weight excluding hydrogens is 402 g/mol. The lowest BCUT2D eigenvalue weighted by atomic mass is 9.86. The molecule has 0 aromatic heterocycles. The molecule has 0 fully saturated rings. The quantitative estimate of drug-likeness (QED) is 0.567. The molecule has 1 N–H and O–H groups in total. The third kappa shape index (κ3) is 5.24. The van der Waals surface area contributed by atoms with E-state index in [2.05, 4.69) is 0 Å². The summed E-state index contributed by atoms with van der Waals surface area (Å²) in [5.41, 5.74) is -0.767. The van der Waals surface area contributed by atoms with E-state index in [-0.39, 0.29) is 5.91 Å². The minimum atomic E-state index is -2.02. The lowest BCUT2D eigenvalue weighted by Gasteiger charge is -2.36. The van der Waals surface area contributed by atoms with Crippen LogP contribution < -0.4 is 0 Å². The normalized spacial score (nSPS) is 11.6. The number of carbonyl (C=O) groups excluding carboxylic acids is 2. The van der Waals surface area contributed by atoms with Crippen molar-refractivity contribution in [3.63, 3.8) is 0 Å². The minimum absolute atomic E-state index is 0.335. The largest absolute Gasteiger partial charge is 0.453 e. The van der Waals surface area contributed by atoms with Gasteiger partial charge in [-0.3, -0.25) is 4.79 Å². The highest BCUT2D eigenvalue weighted by molar-refractivity contribution is 5.88. The molecule has 0 bridgehead atoms. The van der Waals surface area contributed by atoms with Crippen molar-refractivity contribution < 1.29 is 19.4 Å². The van der Waals surface area contributed by atoms with Gasteiger partial charge in [0.05, 0.1) is 0 Å². The summed E-state index contributed by atoms with van der Waals surface area (Å²) in [4.78, 5) is 27.9. The summed E-state index contributed by atoms with van der Waals surface area (Å²) in [6.45, 7) is 5.72. The Morgan fingerprint density at radius 1 is 0.781 bits per heavy atom. The van der Waals surface area contributed by atoms with Crippen LogP contribution in [0.15, 0.2) is 91.0 Å². The molecule has 0 heterocycles. The summed E-state index contributed by atoms with van der Waals surface area (Å²) in [5.74, 6) is -1.23. The van der Waals surface area contributed by atoms with Gasteiger partial charge in [-0.1, -0.05) is 91.0 Å². The first-order chi connectivity index (χ1) is 15.2. The molecule has 0 saturated carbocycles. The van der Waals surface area contributed by atoms with E-state index in [1.807, 2.05) is 51.1 Å². The SMILES string of the molecule is CC(C)(C)N(Cc1ccccc1)C(=O)COC(=O)C(O)(c1ccccc1)c1ccccc1. The van der Waals surface area contributed by atoms with E-state index < -0.39 is 23.7 Å². The number of rotatable bonds is 7. The Labute approximate surface area is 189 Å². The molecule has 0 unspecified atom stereocenters. The van der Waals surface area contributed by atoms with Crippen LogP contribution in [-0.4, -0.2) is 34.0 Å². The molecule has 0 spiro atoms. The second kappa shape index (κ2) is 9.79. The highest BCUT2D eigenvalue weighted by Gasteiger charge is 2.42. The van der Waals surface area contributed by atoms with Crippen molar-refractivity contribution in [1.29, 1.82) is 0 Å². The molecule has 0 radical (unpaired) electrons. The second-order valence-electron chi connectivity index (χ2n) is 8.65. The van der Waals surface area contributed by atoms with Crippen molar-refractivity contribution in [1.82, 2.24) is 4.90 Å². The molecule has 0 aliphatic rings. The maximum absolute atomic E-state index is 13.2. The number of nitrogens with zero attached hydrogens (tertiary/aromatic N) is 1. The Bertz CT molecular complexity index is 988. The Balaban J connectivity index is 1.81. The van der Waals surface area contributed by atoms with Gasteiger partial charge in [0.15, 0.2) is 6.61 Å². The van der Waals surface area contributed by atoms with Crippen molar-refractivity contribution in [3.05, 3.63) is 108 Å². The van der Waals surface area contributed by atoms with Crippen molar-refractivity contribution in [2.24, 2.45) is 0 Å². The Kier molecular flexibility index (Phi) is 7.11. The van der Waals surface area contributed by atoms with E-state index in [0.717, 1.165) is 5.56 Å². The molecule has 0 aliphatic heterocycles. The van der Waals surface area contributed by atoms with Gasteiger partial charge in [-0.25, -0.2) is 4.79 Å². The lowest BCUT2D eigenvalue weighted by molar-refractivity contribution is -0.167. The summed E-state index contributed by atoms with van der Waals surface area (Å²) in [7, 11) is 0. The molecule has 3 aromatic carbocycles. The van der Waals surface area contributed by atoms with E-state index in [1.165, 1.54) is 0 Å². The number of hydrogen-bond acceptors (Lipinski definition) is 4. The van der Waals surface area contributed by atoms with Gasteiger partial charge < -0.3 is 14.7 Å².